The van der Waals surface area contributed by atoms with E-state index in [2.05, 4.69) is 4.98 Å². The Morgan fingerprint density at radius 3 is 2.50 bits per heavy atom. The van der Waals surface area contributed by atoms with E-state index in [1.807, 2.05) is 13.0 Å². The molecule has 0 radical (unpaired) electrons. The van der Waals surface area contributed by atoms with Gasteiger partial charge in [0.1, 0.15) is 22.9 Å². The van der Waals surface area contributed by atoms with Gasteiger partial charge in [-0.05, 0) is 36.8 Å². The number of halogens is 2. The molecule has 1 unspecified atom stereocenters. The van der Waals surface area contributed by atoms with Gasteiger partial charge in [-0.15, -0.1) is 0 Å². The quantitative estimate of drug-likeness (QED) is 0.778. The summed E-state index contributed by atoms with van der Waals surface area (Å²) in [4.78, 5) is 4.31. The second-order valence-electron chi connectivity index (χ2n) is 4.67. The second-order valence-corrected chi connectivity index (χ2v) is 4.67. The van der Waals surface area contributed by atoms with Crippen molar-refractivity contribution in [3.8, 4) is 0 Å². The molecule has 3 rings (SSSR count). The molecule has 0 aliphatic heterocycles. The third-order valence-corrected chi connectivity index (χ3v) is 3.08. The van der Waals surface area contributed by atoms with Crippen LogP contribution in [-0.4, -0.2) is 4.98 Å². The van der Waals surface area contributed by atoms with Crippen LogP contribution < -0.4 is 5.73 Å². The molecule has 3 nitrogen and oxygen atoms in total. The molecule has 0 saturated heterocycles. The lowest BCUT2D eigenvalue weighted by molar-refractivity contribution is 0.519. The summed E-state index contributed by atoms with van der Waals surface area (Å²) in [5.41, 5.74) is 8.44. The van der Waals surface area contributed by atoms with Crippen LogP contribution in [0.4, 0.5) is 8.78 Å². The van der Waals surface area contributed by atoms with Gasteiger partial charge in [-0.2, -0.15) is 0 Å². The first-order valence-electron chi connectivity index (χ1n) is 6.11. The maximum atomic E-state index is 13.2. The minimum atomic E-state index is -0.741. The van der Waals surface area contributed by atoms with Crippen molar-refractivity contribution in [3.05, 3.63) is 65.1 Å². The van der Waals surface area contributed by atoms with Gasteiger partial charge in [-0.1, -0.05) is 0 Å². The van der Waals surface area contributed by atoms with Gasteiger partial charge in [0, 0.05) is 17.8 Å². The van der Waals surface area contributed by atoms with Crippen molar-refractivity contribution in [3.63, 3.8) is 0 Å². The van der Waals surface area contributed by atoms with Crippen LogP contribution in [0.15, 0.2) is 40.8 Å². The van der Waals surface area contributed by atoms with Crippen molar-refractivity contribution < 1.29 is 13.2 Å². The van der Waals surface area contributed by atoms with E-state index in [-0.39, 0.29) is 0 Å². The van der Waals surface area contributed by atoms with Gasteiger partial charge in [0.25, 0.3) is 0 Å². The zero-order chi connectivity index (χ0) is 14.3. The molecule has 2 heterocycles. The lowest BCUT2D eigenvalue weighted by Crippen LogP contribution is -2.11. The number of nitrogens with zero attached hydrogens (tertiary/aromatic N) is 1. The van der Waals surface area contributed by atoms with Gasteiger partial charge >= 0.3 is 0 Å². The summed E-state index contributed by atoms with van der Waals surface area (Å²) >= 11 is 0. The number of aryl methyl sites for hydroxylation is 1. The maximum absolute atomic E-state index is 13.2. The highest BCUT2D eigenvalue weighted by molar-refractivity contribution is 5.73. The molecule has 1 aromatic carbocycles. The van der Waals surface area contributed by atoms with Crippen molar-refractivity contribution in [2.45, 2.75) is 13.0 Å². The number of nitrogens with two attached hydrogens (primary N) is 1. The molecule has 0 bridgehead atoms. The highest BCUT2D eigenvalue weighted by Gasteiger charge is 2.16. The van der Waals surface area contributed by atoms with Gasteiger partial charge in [0.15, 0.2) is 5.58 Å². The van der Waals surface area contributed by atoms with Gasteiger partial charge in [0.05, 0.1) is 6.04 Å². The first kappa shape index (κ1) is 12.7. The number of fused-ring (bicyclic) bond motifs is 1. The number of hydrogen-bond donors (Lipinski definition) is 1. The fourth-order valence-electron chi connectivity index (χ4n) is 2.12. The molecule has 0 aliphatic carbocycles. The molecular formula is C15H12F2N2O. The van der Waals surface area contributed by atoms with Crippen LogP contribution in [0.5, 0.6) is 0 Å². The summed E-state index contributed by atoms with van der Waals surface area (Å²) in [6, 6.07) is 7.76. The smallest absolute Gasteiger partial charge is 0.152 e. The summed E-state index contributed by atoms with van der Waals surface area (Å²) in [5.74, 6) is -0.913. The zero-order valence-corrected chi connectivity index (χ0v) is 10.7. The van der Waals surface area contributed by atoms with Crippen molar-refractivity contribution in [1.29, 1.82) is 0 Å². The van der Waals surface area contributed by atoms with Crippen LogP contribution in [-0.2, 0) is 0 Å². The van der Waals surface area contributed by atoms with Gasteiger partial charge in [-0.3, -0.25) is 0 Å². The van der Waals surface area contributed by atoms with Crippen LogP contribution in [0.1, 0.15) is 23.1 Å². The molecule has 0 saturated carbocycles. The summed E-state index contributed by atoms with van der Waals surface area (Å²) in [6.07, 6.45) is 0. The standard InChI is InChI=1S/C15H12F2N2O/c1-8-2-3-13-12(19-8)7-14(20-13)15(18)9-4-10(16)6-11(17)5-9/h2-7,15H,18H2,1H3. The number of hydrogen-bond acceptors (Lipinski definition) is 3. The van der Waals surface area contributed by atoms with E-state index in [0.717, 1.165) is 11.8 Å². The van der Waals surface area contributed by atoms with E-state index >= 15 is 0 Å². The largest absolute Gasteiger partial charge is 0.457 e. The fraction of sp³-hybridized carbons (Fsp3) is 0.133. The van der Waals surface area contributed by atoms with Crippen LogP contribution in [0.2, 0.25) is 0 Å². The lowest BCUT2D eigenvalue weighted by atomic mass is 10.1. The van der Waals surface area contributed by atoms with E-state index in [9.17, 15) is 8.78 Å². The normalized spacial score (nSPS) is 12.8. The highest BCUT2D eigenvalue weighted by Crippen LogP contribution is 2.26. The fourth-order valence-corrected chi connectivity index (χ4v) is 2.12. The molecule has 0 aliphatic rings. The lowest BCUT2D eigenvalue weighted by Gasteiger charge is -2.09. The van der Waals surface area contributed by atoms with Crippen molar-refractivity contribution in [1.82, 2.24) is 4.98 Å². The third-order valence-electron chi connectivity index (χ3n) is 3.08. The molecule has 102 valence electrons. The molecule has 0 fully saturated rings. The molecule has 1 atom stereocenters. The highest BCUT2D eigenvalue weighted by atomic mass is 19.1. The Balaban J connectivity index is 2.05. The van der Waals surface area contributed by atoms with E-state index in [1.54, 1.807) is 12.1 Å². The van der Waals surface area contributed by atoms with E-state index in [1.165, 1.54) is 12.1 Å². The average Bonchev–Trinajstić information content (AvgIpc) is 2.79. The molecule has 20 heavy (non-hydrogen) atoms. The predicted octanol–water partition coefficient (Wildman–Crippen LogP) is 3.46. The summed E-state index contributed by atoms with van der Waals surface area (Å²) < 4.78 is 32.0. The van der Waals surface area contributed by atoms with Crippen molar-refractivity contribution in [2.24, 2.45) is 5.73 Å². The SMILES string of the molecule is Cc1ccc2oc(C(N)c3cc(F)cc(F)c3)cc2n1. The number of aromatic nitrogens is 1. The minimum absolute atomic E-state index is 0.318. The Morgan fingerprint density at radius 2 is 1.80 bits per heavy atom. The minimum Gasteiger partial charge on any atom is -0.457 e. The molecule has 0 spiro atoms. The van der Waals surface area contributed by atoms with E-state index < -0.39 is 17.7 Å². The van der Waals surface area contributed by atoms with Gasteiger partial charge < -0.3 is 10.2 Å². The summed E-state index contributed by atoms with van der Waals surface area (Å²) in [7, 11) is 0. The monoisotopic (exact) mass is 274 g/mol. The van der Waals surface area contributed by atoms with Crippen molar-refractivity contribution in [2.75, 3.05) is 0 Å². The molecule has 3 aromatic rings. The topological polar surface area (TPSA) is 52.0 Å². The number of furan rings is 1. The van der Waals surface area contributed by atoms with Gasteiger partial charge in [-0.25, -0.2) is 13.8 Å². The van der Waals surface area contributed by atoms with Crippen LogP contribution >= 0.6 is 0 Å². The Morgan fingerprint density at radius 1 is 1.10 bits per heavy atom. The van der Waals surface area contributed by atoms with Crippen LogP contribution in [0.25, 0.3) is 11.1 Å². The average molecular weight is 274 g/mol. The molecule has 5 heteroatoms. The predicted molar refractivity (Wildman–Crippen MR) is 71.1 cm³/mol. The zero-order valence-electron chi connectivity index (χ0n) is 10.7. The van der Waals surface area contributed by atoms with Crippen molar-refractivity contribution >= 4 is 11.1 Å². The summed E-state index contributed by atoms with van der Waals surface area (Å²) in [5, 5.41) is 0. The first-order chi connectivity index (χ1) is 9.52. The Hall–Kier alpha value is -2.27. The third kappa shape index (κ3) is 2.28. The van der Waals surface area contributed by atoms with Crippen LogP contribution in [0.3, 0.4) is 0 Å². The summed E-state index contributed by atoms with van der Waals surface area (Å²) in [6.45, 7) is 1.87. The molecule has 0 amide bonds. The van der Waals surface area contributed by atoms with E-state index in [0.29, 0.717) is 22.4 Å². The molecular weight excluding hydrogens is 262 g/mol. The Labute approximate surface area is 114 Å². The first-order valence-corrected chi connectivity index (χ1v) is 6.11. The molecule has 2 N–H and O–H groups in total. The van der Waals surface area contributed by atoms with Gasteiger partial charge in [0.2, 0.25) is 0 Å². The Kier molecular flexibility index (Phi) is 2.99. The van der Waals surface area contributed by atoms with E-state index in [4.69, 9.17) is 10.2 Å². The number of rotatable bonds is 2. The van der Waals surface area contributed by atoms with Crippen LogP contribution in [0, 0.1) is 18.6 Å². The number of pyridine rings is 1. The maximum Gasteiger partial charge on any atom is 0.152 e. The molecule has 2 aromatic heterocycles. The number of benzene rings is 1. The Bertz CT molecular complexity index is 762. The second kappa shape index (κ2) is 4.68.